The first-order valence-electron chi connectivity index (χ1n) is 3.75. The van der Waals surface area contributed by atoms with Gasteiger partial charge in [-0.15, -0.1) is 23.7 Å². The van der Waals surface area contributed by atoms with E-state index < -0.39 is 0 Å². The summed E-state index contributed by atoms with van der Waals surface area (Å²) in [7, 11) is 0. The van der Waals surface area contributed by atoms with Gasteiger partial charge in [-0.25, -0.2) is 4.98 Å². The smallest absolute Gasteiger partial charge is 0.180 e. The Hall–Kier alpha value is -0.320. The molecule has 4 N–H and O–H groups in total. The van der Waals surface area contributed by atoms with Crippen molar-refractivity contribution < 1.29 is 0 Å². The van der Waals surface area contributed by atoms with Crippen molar-refractivity contribution in [2.75, 3.05) is 5.73 Å². The zero-order chi connectivity index (χ0) is 7.84. The molecule has 0 saturated carbocycles. The van der Waals surface area contributed by atoms with Crippen LogP contribution in [-0.2, 0) is 12.8 Å². The molecule has 1 aromatic heterocycles. The van der Waals surface area contributed by atoms with Crippen LogP contribution in [0.1, 0.15) is 17.0 Å². The summed E-state index contributed by atoms with van der Waals surface area (Å²) in [6.45, 7) is 0. The highest BCUT2D eigenvalue weighted by molar-refractivity contribution is 7.15. The van der Waals surface area contributed by atoms with Gasteiger partial charge < -0.3 is 11.5 Å². The van der Waals surface area contributed by atoms with Gasteiger partial charge in [0.15, 0.2) is 5.13 Å². The number of nitrogens with zero attached hydrogens (tertiary/aromatic N) is 1. The molecule has 0 amide bonds. The molecular formula is C7H12ClN3S. The molecule has 68 valence electrons. The van der Waals surface area contributed by atoms with Gasteiger partial charge >= 0.3 is 0 Å². The number of rotatable bonds is 0. The maximum absolute atomic E-state index is 5.80. The fourth-order valence-corrected chi connectivity index (χ4v) is 2.39. The molecule has 1 aliphatic carbocycles. The average molecular weight is 206 g/mol. The number of fused-ring (bicyclic) bond motifs is 1. The molecule has 0 radical (unpaired) electrons. The number of nitrogen functional groups attached to an aromatic ring is 1. The summed E-state index contributed by atoms with van der Waals surface area (Å²) in [5, 5.41) is 0.684. The molecular weight excluding hydrogens is 194 g/mol. The Bertz CT molecular complexity index is 274. The van der Waals surface area contributed by atoms with Crippen molar-refractivity contribution in [3.05, 3.63) is 10.6 Å². The zero-order valence-corrected chi connectivity index (χ0v) is 8.25. The van der Waals surface area contributed by atoms with Crippen molar-refractivity contribution in [2.24, 2.45) is 5.73 Å². The molecule has 3 nitrogen and oxygen atoms in total. The lowest BCUT2D eigenvalue weighted by Crippen LogP contribution is -2.26. The van der Waals surface area contributed by atoms with Crippen LogP contribution in [0.25, 0.3) is 0 Å². The van der Waals surface area contributed by atoms with Gasteiger partial charge in [0.25, 0.3) is 0 Å². The zero-order valence-electron chi connectivity index (χ0n) is 6.62. The lowest BCUT2D eigenvalue weighted by Gasteiger charge is -2.15. The van der Waals surface area contributed by atoms with Gasteiger partial charge in [0.05, 0.1) is 5.69 Å². The summed E-state index contributed by atoms with van der Waals surface area (Å²) in [4.78, 5) is 5.52. The topological polar surface area (TPSA) is 64.9 Å². The van der Waals surface area contributed by atoms with E-state index in [4.69, 9.17) is 11.5 Å². The van der Waals surface area contributed by atoms with Gasteiger partial charge in [-0.3, -0.25) is 0 Å². The third kappa shape index (κ3) is 1.71. The van der Waals surface area contributed by atoms with E-state index >= 15 is 0 Å². The Morgan fingerprint density at radius 1 is 1.50 bits per heavy atom. The van der Waals surface area contributed by atoms with Crippen LogP contribution >= 0.6 is 23.7 Å². The molecule has 1 atom stereocenters. The second-order valence-electron chi connectivity index (χ2n) is 2.92. The minimum atomic E-state index is 0. The molecule has 1 heterocycles. The standard InChI is InChI=1S/C7H11N3S.ClH/c8-4-1-2-5-6(3-4)11-7(9)10-5;/h4H,1-3,8H2,(H2,9,10);1H. The third-order valence-corrected chi connectivity index (χ3v) is 2.94. The molecule has 12 heavy (non-hydrogen) atoms. The molecule has 2 rings (SSSR count). The Balaban J connectivity index is 0.000000720. The van der Waals surface area contributed by atoms with Crippen molar-refractivity contribution in [2.45, 2.75) is 25.3 Å². The van der Waals surface area contributed by atoms with Crippen LogP contribution in [0, 0.1) is 0 Å². The monoisotopic (exact) mass is 205 g/mol. The van der Waals surface area contributed by atoms with E-state index in [1.165, 1.54) is 10.6 Å². The van der Waals surface area contributed by atoms with Crippen LogP contribution in [0.5, 0.6) is 0 Å². The van der Waals surface area contributed by atoms with Gasteiger partial charge in [-0.2, -0.15) is 0 Å². The summed E-state index contributed by atoms with van der Waals surface area (Å²) in [5.74, 6) is 0. The van der Waals surface area contributed by atoms with Gasteiger partial charge in [-0.05, 0) is 19.3 Å². The SMILES string of the molecule is Cl.Nc1nc2c(s1)CC(N)CC2. The minimum absolute atomic E-state index is 0. The van der Waals surface area contributed by atoms with Gasteiger partial charge in [0, 0.05) is 10.9 Å². The second-order valence-corrected chi connectivity index (χ2v) is 4.04. The highest BCUT2D eigenvalue weighted by Crippen LogP contribution is 2.27. The highest BCUT2D eigenvalue weighted by Gasteiger charge is 2.18. The van der Waals surface area contributed by atoms with Gasteiger partial charge in [0.2, 0.25) is 0 Å². The Morgan fingerprint density at radius 3 is 3.00 bits per heavy atom. The predicted octanol–water partition coefficient (Wildman–Crippen LogP) is 0.963. The largest absolute Gasteiger partial charge is 0.375 e. The Labute approximate surface area is 81.6 Å². The first kappa shape index (κ1) is 9.77. The predicted molar refractivity (Wildman–Crippen MR) is 53.8 cm³/mol. The van der Waals surface area contributed by atoms with E-state index in [2.05, 4.69) is 4.98 Å². The molecule has 1 aliphatic rings. The first-order valence-corrected chi connectivity index (χ1v) is 4.57. The lowest BCUT2D eigenvalue weighted by molar-refractivity contribution is 0.576. The van der Waals surface area contributed by atoms with Crippen LogP contribution in [0.4, 0.5) is 5.13 Å². The van der Waals surface area contributed by atoms with E-state index in [1.807, 2.05) is 0 Å². The van der Waals surface area contributed by atoms with Crippen LogP contribution in [-0.4, -0.2) is 11.0 Å². The maximum atomic E-state index is 5.80. The van der Waals surface area contributed by atoms with Crippen LogP contribution in [0.2, 0.25) is 0 Å². The first-order chi connectivity index (χ1) is 5.25. The van der Waals surface area contributed by atoms with Crippen molar-refractivity contribution in [3.8, 4) is 0 Å². The van der Waals surface area contributed by atoms with Crippen molar-refractivity contribution in [1.82, 2.24) is 4.98 Å². The quantitative estimate of drug-likeness (QED) is 0.663. The number of halogens is 1. The number of nitrogens with two attached hydrogens (primary N) is 2. The number of aromatic nitrogens is 1. The summed E-state index contributed by atoms with van der Waals surface area (Å²) in [6.07, 6.45) is 3.02. The molecule has 0 saturated heterocycles. The molecule has 0 bridgehead atoms. The van der Waals surface area contributed by atoms with E-state index in [0.29, 0.717) is 11.2 Å². The molecule has 0 aliphatic heterocycles. The number of hydrogen-bond acceptors (Lipinski definition) is 4. The van der Waals surface area contributed by atoms with Gasteiger partial charge in [0.1, 0.15) is 0 Å². The molecule has 0 aromatic carbocycles. The summed E-state index contributed by atoms with van der Waals surface area (Å²) in [5.41, 5.74) is 12.5. The van der Waals surface area contributed by atoms with Crippen molar-refractivity contribution in [3.63, 3.8) is 0 Å². The molecule has 1 unspecified atom stereocenters. The van der Waals surface area contributed by atoms with Crippen molar-refractivity contribution >= 4 is 28.9 Å². The van der Waals surface area contributed by atoms with E-state index in [9.17, 15) is 0 Å². The molecule has 0 spiro atoms. The number of aryl methyl sites for hydroxylation is 1. The van der Waals surface area contributed by atoms with E-state index in [0.717, 1.165) is 19.3 Å². The number of anilines is 1. The maximum Gasteiger partial charge on any atom is 0.180 e. The average Bonchev–Trinajstić information content (AvgIpc) is 2.27. The highest BCUT2D eigenvalue weighted by atomic mass is 35.5. The molecule has 1 aromatic rings. The van der Waals surface area contributed by atoms with Crippen molar-refractivity contribution in [1.29, 1.82) is 0 Å². The summed E-state index contributed by atoms with van der Waals surface area (Å²) >= 11 is 1.58. The van der Waals surface area contributed by atoms with Crippen LogP contribution in [0.15, 0.2) is 0 Å². The number of thiazole rings is 1. The fourth-order valence-electron chi connectivity index (χ4n) is 1.42. The van der Waals surface area contributed by atoms with Crippen LogP contribution in [0.3, 0.4) is 0 Å². The second kappa shape index (κ2) is 3.60. The lowest BCUT2D eigenvalue weighted by atomic mass is 9.99. The Kier molecular flexibility index (Phi) is 2.93. The summed E-state index contributed by atoms with van der Waals surface area (Å²) in [6, 6.07) is 0.322. The Morgan fingerprint density at radius 2 is 2.25 bits per heavy atom. The van der Waals surface area contributed by atoms with E-state index in [1.54, 1.807) is 11.3 Å². The normalized spacial score (nSPS) is 21.2. The third-order valence-electron chi connectivity index (χ3n) is 1.99. The molecule has 0 fully saturated rings. The van der Waals surface area contributed by atoms with E-state index in [-0.39, 0.29) is 12.4 Å². The van der Waals surface area contributed by atoms with Gasteiger partial charge in [-0.1, -0.05) is 0 Å². The number of hydrogen-bond donors (Lipinski definition) is 2. The fraction of sp³-hybridized carbons (Fsp3) is 0.571. The minimum Gasteiger partial charge on any atom is -0.375 e. The van der Waals surface area contributed by atoms with Crippen LogP contribution < -0.4 is 11.5 Å². The molecule has 5 heteroatoms. The summed E-state index contributed by atoms with van der Waals surface area (Å²) < 4.78 is 0.